The molecule has 12 nitrogen and oxygen atoms in total. The smallest absolute Gasteiger partial charge is 0.331 e. The SMILES string of the molecule is CCC[C@@H]1O[C@@](C)([C@@H](O)C/C=C/[C@@H]2OC(=O)/C=C/C=C/[C@@H](OC)[C@H](O)/C=C/C(C)=C/[C@H](C)CCC[C@@H](OC)[C@H](O)/C=C/C(C)=C/[C@@H](C)[C@H](O)[C@H]2OC)[C@H](O)[C@@H]1OC. The molecule has 1 fully saturated rings. The number of hydrogen-bond donors (Lipinski definition) is 5. The zero-order valence-corrected chi connectivity index (χ0v) is 35.8. The van der Waals surface area contributed by atoms with Gasteiger partial charge in [0.15, 0.2) is 0 Å². The molecule has 14 atom stereocenters. The van der Waals surface area contributed by atoms with Crippen molar-refractivity contribution >= 4 is 5.97 Å². The average molecular weight is 805 g/mol. The Morgan fingerprint density at radius 3 is 2.12 bits per heavy atom. The minimum Gasteiger partial charge on any atom is -0.452 e. The van der Waals surface area contributed by atoms with E-state index in [1.165, 1.54) is 33.5 Å². The van der Waals surface area contributed by atoms with Crippen LogP contribution in [0.5, 0.6) is 0 Å². The van der Waals surface area contributed by atoms with Crippen LogP contribution in [-0.4, -0.2) is 133 Å². The molecule has 1 saturated heterocycles. The maximum Gasteiger partial charge on any atom is 0.331 e. The molecule has 324 valence electrons. The first-order valence-electron chi connectivity index (χ1n) is 20.2. The highest BCUT2D eigenvalue weighted by Crippen LogP contribution is 2.38. The fraction of sp³-hybridized carbons (Fsp3) is 0.667. The summed E-state index contributed by atoms with van der Waals surface area (Å²) in [6.07, 6.45) is 14.4. The van der Waals surface area contributed by atoms with Crippen LogP contribution in [0, 0.1) is 11.8 Å². The second-order valence-electron chi connectivity index (χ2n) is 15.6. The lowest BCUT2D eigenvalue weighted by Gasteiger charge is -2.33. The van der Waals surface area contributed by atoms with Gasteiger partial charge in [-0.3, -0.25) is 0 Å². The van der Waals surface area contributed by atoms with E-state index in [0.29, 0.717) is 12.8 Å². The summed E-state index contributed by atoms with van der Waals surface area (Å²) in [6.45, 7) is 11.4. The lowest BCUT2D eigenvalue weighted by Crippen LogP contribution is -2.50. The number of aliphatic hydroxyl groups excluding tert-OH is 5. The first-order chi connectivity index (χ1) is 27.1. The maximum atomic E-state index is 13.2. The minimum atomic E-state index is -1.32. The van der Waals surface area contributed by atoms with E-state index in [-0.39, 0.29) is 18.4 Å². The number of ether oxygens (including phenoxy) is 6. The van der Waals surface area contributed by atoms with Gasteiger partial charge < -0.3 is 54.0 Å². The third-order valence-corrected chi connectivity index (χ3v) is 10.9. The molecule has 0 aromatic carbocycles. The number of methoxy groups -OCH3 is 4. The molecule has 2 aliphatic heterocycles. The Labute approximate surface area is 341 Å². The summed E-state index contributed by atoms with van der Waals surface area (Å²) in [7, 11) is 5.98. The second-order valence-corrected chi connectivity index (χ2v) is 15.6. The first kappa shape index (κ1) is 50.4. The van der Waals surface area contributed by atoms with Crippen molar-refractivity contribution in [1.29, 1.82) is 0 Å². The van der Waals surface area contributed by atoms with E-state index in [1.807, 2.05) is 32.9 Å². The molecule has 0 spiro atoms. The molecule has 5 N–H and O–H groups in total. The van der Waals surface area contributed by atoms with Gasteiger partial charge in [0, 0.05) is 40.4 Å². The zero-order valence-electron chi connectivity index (χ0n) is 35.8. The van der Waals surface area contributed by atoms with Crippen LogP contribution >= 0.6 is 0 Å². The second kappa shape index (κ2) is 25.7. The number of cyclic esters (lactones) is 1. The van der Waals surface area contributed by atoms with E-state index >= 15 is 0 Å². The first-order valence-corrected chi connectivity index (χ1v) is 20.2. The number of hydrogen-bond acceptors (Lipinski definition) is 12. The fourth-order valence-electron chi connectivity index (χ4n) is 7.39. The molecule has 0 amide bonds. The number of allylic oxidation sites excluding steroid dienone is 7. The lowest BCUT2D eigenvalue weighted by atomic mass is 9.88. The molecule has 0 aromatic heterocycles. The van der Waals surface area contributed by atoms with Crippen molar-refractivity contribution in [2.24, 2.45) is 11.8 Å². The molecule has 57 heavy (non-hydrogen) atoms. The van der Waals surface area contributed by atoms with Crippen LogP contribution in [0.25, 0.3) is 0 Å². The molecule has 0 saturated carbocycles. The summed E-state index contributed by atoms with van der Waals surface area (Å²) in [5, 5.41) is 55.7. The molecular formula is C45H72O12. The summed E-state index contributed by atoms with van der Waals surface area (Å²) in [5.74, 6) is -0.953. The van der Waals surface area contributed by atoms with Crippen LogP contribution in [-0.2, 0) is 33.2 Å². The normalized spacial score (nSPS) is 40.6. The van der Waals surface area contributed by atoms with Crippen LogP contribution in [0.2, 0.25) is 0 Å². The van der Waals surface area contributed by atoms with Crippen molar-refractivity contribution in [2.75, 3.05) is 28.4 Å². The summed E-state index contributed by atoms with van der Waals surface area (Å²) >= 11 is 0. The van der Waals surface area contributed by atoms with Crippen LogP contribution in [0.3, 0.4) is 0 Å². The maximum absolute atomic E-state index is 13.2. The van der Waals surface area contributed by atoms with Crippen LogP contribution in [0.1, 0.15) is 80.1 Å². The van der Waals surface area contributed by atoms with Gasteiger partial charge in [-0.15, -0.1) is 0 Å². The zero-order chi connectivity index (χ0) is 42.7. The summed E-state index contributed by atoms with van der Waals surface area (Å²) in [6, 6.07) is 0. The van der Waals surface area contributed by atoms with Gasteiger partial charge in [-0.05, 0) is 58.4 Å². The predicted octanol–water partition coefficient (Wildman–Crippen LogP) is 5.24. The van der Waals surface area contributed by atoms with Gasteiger partial charge in [0.1, 0.15) is 42.2 Å². The lowest BCUT2D eigenvalue weighted by molar-refractivity contribution is -0.153. The summed E-state index contributed by atoms with van der Waals surface area (Å²) in [4.78, 5) is 13.2. The number of carbonyl (C=O) groups is 1. The minimum absolute atomic E-state index is 0.0235. The van der Waals surface area contributed by atoms with Crippen molar-refractivity contribution in [3.8, 4) is 0 Å². The highest BCUT2D eigenvalue weighted by Gasteiger charge is 2.55. The van der Waals surface area contributed by atoms with E-state index in [4.69, 9.17) is 28.4 Å². The number of aliphatic hydroxyl groups is 5. The van der Waals surface area contributed by atoms with E-state index in [9.17, 15) is 30.3 Å². The quantitative estimate of drug-likeness (QED) is 0.144. The van der Waals surface area contributed by atoms with Crippen LogP contribution in [0.15, 0.2) is 84.1 Å². The third-order valence-electron chi connectivity index (χ3n) is 10.9. The van der Waals surface area contributed by atoms with E-state index < -0.39 is 78.5 Å². The van der Waals surface area contributed by atoms with Gasteiger partial charge in [-0.1, -0.05) is 106 Å². The Hall–Kier alpha value is -2.75. The molecule has 0 radical (unpaired) electrons. The molecule has 2 aliphatic rings. The standard InChI is InChI=1S/C45H72O12/c1-11-16-38-43(55-10)44(51)45(6,57-38)39(48)21-15-20-37-42(54-9)41(50)32(5)28-31(4)24-26-34(47)36(53-8)19-14-17-29(2)27-30(3)23-25-33(46)35(52-7)18-12-13-22-40(49)56-37/h12-13,15,18,20,22-29,32-39,41-44,46-48,50-51H,11,14,16-17,19,21H2,1-10H3/b18-12+,20-15+,22-13+,25-23+,26-24+,30-27+,31-28+/t29-,32-,33-,34-,35-,36-,37+,38+,39+,41+,42+,43-,44-,45+/m1/s1. The molecule has 0 aromatic rings. The van der Waals surface area contributed by atoms with Gasteiger partial charge in [0.05, 0.1) is 30.5 Å². The van der Waals surface area contributed by atoms with Crippen molar-refractivity contribution in [2.45, 2.75) is 153 Å². The van der Waals surface area contributed by atoms with Crippen LogP contribution < -0.4 is 0 Å². The molecule has 0 unspecified atom stereocenters. The topological polar surface area (TPSA) is 174 Å². The Morgan fingerprint density at radius 1 is 0.860 bits per heavy atom. The summed E-state index contributed by atoms with van der Waals surface area (Å²) in [5.41, 5.74) is 0.457. The van der Waals surface area contributed by atoms with Crippen LogP contribution in [0.4, 0.5) is 0 Å². The molecular weight excluding hydrogens is 732 g/mol. The van der Waals surface area contributed by atoms with Gasteiger partial charge in [-0.25, -0.2) is 4.79 Å². The van der Waals surface area contributed by atoms with E-state index in [0.717, 1.165) is 30.4 Å². The van der Waals surface area contributed by atoms with Crippen molar-refractivity contribution in [3.63, 3.8) is 0 Å². The number of rotatable bonds is 10. The third kappa shape index (κ3) is 15.7. The predicted molar refractivity (Wildman–Crippen MR) is 221 cm³/mol. The van der Waals surface area contributed by atoms with E-state index in [1.54, 1.807) is 63.5 Å². The number of carbonyl (C=O) groups excluding carboxylic acids is 1. The Bertz CT molecular complexity index is 1400. The molecule has 0 aliphatic carbocycles. The van der Waals surface area contributed by atoms with Gasteiger partial charge in [0.25, 0.3) is 0 Å². The van der Waals surface area contributed by atoms with Crippen molar-refractivity contribution < 1.29 is 58.7 Å². The monoisotopic (exact) mass is 805 g/mol. The molecule has 2 heterocycles. The molecule has 2 rings (SSSR count). The van der Waals surface area contributed by atoms with Gasteiger partial charge in [-0.2, -0.15) is 0 Å². The number of esters is 1. The van der Waals surface area contributed by atoms with Crippen molar-refractivity contribution in [1.82, 2.24) is 0 Å². The Morgan fingerprint density at radius 2 is 1.51 bits per heavy atom. The van der Waals surface area contributed by atoms with Crippen molar-refractivity contribution in [3.05, 3.63) is 84.1 Å². The highest BCUT2D eigenvalue weighted by molar-refractivity contribution is 5.82. The largest absolute Gasteiger partial charge is 0.452 e. The Balaban J connectivity index is 2.46. The van der Waals surface area contributed by atoms with E-state index in [2.05, 4.69) is 13.0 Å². The molecule has 12 heteroatoms. The molecule has 0 bridgehead atoms. The average Bonchev–Trinajstić information content (AvgIpc) is 3.42. The summed E-state index contributed by atoms with van der Waals surface area (Å²) < 4.78 is 34.4. The van der Waals surface area contributed by atoms with Gasteiger partial charge >= 0.3 is 5.97 Å². The highest BCUT2D eigenvalue weighted by atomic mass is 16.6. The fourth-order valence-corrected chi connectivity index (χ4v) is 7.39. The Kier molecular flexibility index (Phi) is 22.7. The van der Waals surface area contributed by atoms with Gasteiger partial charge in [0.2, 0.25) is 0 Å².